The van der Waals surface area contributed by atoms with Crippen molar-refractivity contribution in [1.82, 2.24) is 0 Å². The molecule has 0 N–H and O–H groups in total. The van der Waals surface area contributed by atoms with Crippen molar-refractivity contribution in [2.24, 2.45) is 0 Å². The molecule has 0 saturated carbocycles. The average molecular weight is 551 g/mol. The van der Waals surface area contributed by atoms with Crippen LogP contribution >= 0.6 is 0 Å². The van der Waals surface area contributed by atoms with Gasteiger partial charge in [-0.2, -0.15) is 0 Å². The van der Waals surface area contributed by atoms with Crippen LogP contribution in [0.25, 0.3) is 0 Å². The lowest BCUT2D eigenvalue weighted by atomic mass is 9.98. The predicted molar refractivity (Wildman–Crippen MR) is 169 cm³/mol. The SMILES string of the molecule is CCCCCCCCCC(CCCCCC1CCO1)OC(CCCCCCCCC)CCCCCC1CCO1. The standard InChI is InChI=1S/C36H70O3/c1-3-5-7-9-11-13-17-25-35(27-21-15-19-23-33-29-31-37-33)39-36(26-18-14-12-10-8-6-4-2)28-22-16-20-24-34-30-32-38-34/h33-36H,3-32H2,1-2H3. The molecule has 2 heterocycles. The number of hydrogen-bond donors (Lipinski definition) is 0. The molecule has 4 unspecified atom stereocenters. The quantitative estimate of drug-likeness (QED) is 0.0832. The zero-order valence-electron chi connectivity index (χ0n) is 26.7. The van der Waals surface area contributed by atoms with Gasteiger partial charge in [-0.05, 0) is 51.4 Å². The maximum Gasteiger partial charge on any atom is 0.0597 e. The van der Waals surface area contributed by atoms with Crippen LogP contribution in [0.2, 0.25) is 0 Å². The van der Waals surface area contributed by atoms with Gasteiger partial charge in [-0.15, -0.1) is 0 Å². The van der Waals surface area contributed by atoms with Crippen LogP contribution in [0.15, 0.2) is 0 Å². The van der Waals surface area contributed by atoms with E-state index in [9.17, 15) is 0 Å². The highest BCUT2D eigenvalue weighted by Crippen LogP contribution is 2.25. The highest BCUT2D eigenvalue weighted by molar-refractivity contribution is 4.70. The maximum atomic E-state index is 7.01. The van der Waals surface area contributed by atoms with E-state index in [1.54, 1.807) is 0 Å². The van der Waals surface area contributed by atoms with Crippen molar-refractivity contribution in [3.8, 4) is 0 Å². The Bertz CT molecular complexity index is 458. The molecule has 0 spiro atoms. The van der Waals surface area contributed by atoms with Gasteiger partial charge in [0.15, 0.2) is 0 Å². The second kappa shape index (κ2) is 25.6. The first-order valence-corrected chi connectivity index (χ1v) is 18.2. The van der Waals surface area contributed by atoms with Crippen molar-refractivity contribution < 1.29 is 14.2 Å². The molecule has 0 aromatic carbocycles. The topological polar surface area (TPSA) is 27.7 Å². The van der Waals surface area contributed by atoms with Crippen molar-refractivity contribution in [2.45, 2.75) is 218 Å². The van der Waals surface area contributed by atoms with E-state index in [-0.39, 0.29) is 0 Å². The minimum Gasteiger partial charge on any atom is -0.378 e. The fraction of sp³-hybridized carbons (Fsp3) is 1.00. The molecule has 0 radical (unpaired) electrons. The first-order valence-electron chi connectivity index (χ1n) is 18.2. The summed E-state index contributed by atoms with van der Waals surface area (Å²) in [4.78, 5) is 0. The zero-order chi connectivity index (χ0) is 27.6. The van der Waals surface area contributed by atoms with Crippen molar-refractivity contribution in [3.63, 3.8) is 0 Å². The second-order valence-corrected chi connectivity index (χ2v) is 13.0. The molecular weight excluding hydrogens is 480 g/mol. The molecule has 0 aliphatic carbocycles. The minimum absolute atomic E-state index is 0.485. The van der Waals surface area contributed by atoms with E-state index >= 15 is 0 Å². The summed E-state index contributed by atoms with van der Waals surface area (Å²) in [5, 5.41) is 0. The minimum atomic E-state index is 0.485. The fourth-order valence-corrected chi connectivity index (χ4v) is 6.36. The van der Waals surface area contributed by atoms with Crippen molar-refractivity contribution in [2.75, 3.05) is 13.2 Å². The Hall–Kier alpha value is -0.120. The van der Waals surface area contributed by atoms with Crippen LogP contribution in [0.1, 0.15) is 194 Å². The molecule has 0 amide bonds. The molecule has 3 nitrogen and oxygen atoms in total. The smallest absolute Gasteiger partial charge is 0.0597 e. The molecule has 0 aromatic heterocycles. The molecule has 2 aliphatic heterocycles. The van der Waals surface area contributed by atoms with E-state index < -0.39 is 0 Å². The van der Waals surface area contributed by atoms with Gasteiger partial charge in [0.1, 0.15) is 0 Å². The molecular formula is C36H70O3. The lowest BCUT2D eigenvalue weighted by molar-refractivity contribution is -0.0563. The molecule has 2 rings (SSSR count). The predicted octanol–water partition coefficient (Wildman–Crippen LogP) is 11.5. The summed E-state index contributed by atoms with van der Waals surface area (Å²) >= 11 is 0. The Balaban J connectivity index is 1.72. The van der Waals surface area contributed by atoms with Crippen LogP contribution < -0.4 is 0 Å². The van der Waals surface area contributed by atoms with E-state index in [1.807, 2.05) is 0 Å². The van der Waals surface area contributed by atoms with Gasteiger partial charge in [0.05, 0.1) is 24.4 Å². The number of unbranched alkanes of at least 4 members (excludes halogenated alkanes) is 16. The number of ether oxygens (including phenoxy) is 3. The van der Waals surface area contributed by atoms with E-state index in [0.717, 1.165) is 13.2 Å². The van der Waals surface area contributed by atoms with Crippen molar-refractivity contribution in [1.29, 1.82) is 0 Å². The summed E-state index contributed by atoms with van der Waals surface area (Å²) in [5.41, 5.74) is 0. The van der Waals surface area contributed by atoms with Crippen LogP contribution in [-0.2, 0) is 14.2 Å². The van der Waals surface area contributed by atoms with Crippen molar-refractivity contribution in [3.05, 3.63) is 0 Å². The summed E-state index contributed by atoms with van der Waals surface area (Å²) in [6, 6.07) is 0. The van der Waals surface area contributed by atoms with Crippen LogP contribution in [0.4, 0.5) is 0 Å². The summed E-state index contributed by atoms with van der Waals surface area (Å²) in [5.74, 6) is 0. The zero-order valence-corrected chi connectivity index (χ0v) is 26.7. The largest absolute Gasteiger partial charge is 0.378 e. The Kier molecular flexibility index (Phi) is 23.0. The van der Waals surface area contributed by atoms with Gasteiger partial charge >= 0.3 is 0 Å². The van der Waals surface area contributed by atoms with Gasteiger partial charge in [0.2, 0.25) is 0 Å². The van der Waals surface area contributed by atoms with E-state index in [0.29, 0.717) is 24.4 Å². The van der Waals surface area contributed by atoms with E-state index in [4.69, 9.17) is 14.2 Å². The summed E-state index contributed by atoms with van der Waals surface area (Å²) in [6.45, 7) is 6.61. The van der Waals surface area contributed by atoms with Gasteiger partial charge in [0.25, 0.3) is 0 Å². The van der Waals surface area contributed by atoms with E-state index in [2.05, 4.69) is 13.8 Å². The molecule has 0 bridgehead atoms. The molecule has 2 aliphatic rings. The Labute approximate surface area is 245 Å². The van der Waals surface area contributed by atoms with Gasteiger partial charge in [-0.3, -0.25) is 0 Å². The number of hydrogen-bond acceptors (Lipinski definition) is 3. The molecule has 2 fully saturated rings. The molecule has 2 saturated heterocycles. The van der Waals surface area contributed by atoms with Crippen LogP contribution in [0, 0.1) is 0 Å². The average Bonchev–Trinajstić information content (AvgIpc) is 2.88. The van der Waals surface area contributed by atoms with Crippen LogP contribution in [-0.4, -0.2) is 37.6 Å². The van der Waals surface area contributed by atoms with Gasteiger partial charge in [-0.1, -0.05) is 142 Å². The third-order valence-corrected chi connectivity index (χ3v) is 9.34. The Morgan fingerprint density at radius 2 is 0.769 bits per heavy atom. The Morgan fingerprint density at radius 3 is 1.08 bits per heavy atom. The molecule has 232 valence electrons. The fourth-order valence-electron chi connectivity index (χ4n) is 6.36. The molecule has 0 aromatic rings. The maximum absolute atomic E-state index is 7.01. The third-order valence-electron chi connectivity index (χ3n) is 9.34. The summed E-state index contributed by atoms with van der Waals surface area (Å²) in [7, 11) is 0. The second-order valence-electron chi connectivity index (χ2n) is 13.0. The summed E-state index contributed by atoms with van der Waals surface area (Å²) < 4.78 is 18.3. The lowest BCUT2D eigenvalue weighted by Gasteiger charge is -2.27. The van der Waals surface area contributed by atoms with Crippen molar-refractivity contribution >= 4 is 0 Å². The highest BCUT2D eigenvalue weighted by atomic mass is 16.5. The first kappa shape index (κ1) is 35.1. The summed E-state index contributed by atoms with van der Waals surface area (Å²) in [6.07, 6.45) is 39.9. The molecule has 3 heteroatoms. The highest BCUT2D eigenvalue weighted by Gasteiger charge is 2.20. The van der Waals surface area contributed by atoms with Gasteiger partial charge in [-0.25, -0.2) is 0 Å². The molecule has 4 atom stereocenters. The van der Waals surface area contributed by atoms with E-state index in [1.165, 1.54) is 180 Å². The van der Waals surface area contributed by atoms with Crippen LogP contribution in [0.3, 0.4) is 0 Å². The van der Waals surface area contributed by atoms with Gasteiger partial charge in [0, 0.05) is 13.2 Å². The number of rotatable bonds is 30. The Morgan fingerprint density at radius 1 is 0.462 bits per heavy atom. The lowest BCUT2D eigenvalue weighted by Crippen LogP contribution is -2.26. The van der Waals surface area contributed by atoms with Gasteiger partial charge < -0.3 is 14.2 Å². The monoisotopic (exact) mass is 551 g/mol. The molecule has 39 heavy (non-hydrogen) atoms. The normalized spacial score (nSPS) is 20.5. The first-order chi connectivity index (χ1) is 19.3. The van der Waals surface area contributed by atoms with Crippen LogP contribution in [0.5, 0.6) is 0 Å². The third kappa shape index (κ3) is 19.6.